The van der Waals surface area contributed by atoms with E-state index in [9.17, 15) is 4.79 Å². The molecule has 1 saturated heterocycles. The maximum Gasteiger partial charge on any atom is 0.196 e. The zero-order valence-electron chi connectivity index (χ0n) is 21.9. The number of hydrogen-bond donors (Lipinski definition) is 0. The number of Topliss-reactive ketones (excluding diaryl/α,β-unsaturated/α-hetero) is 1. The van der Waals surface area contributed by atoms with Crippen molar-refractivity contribution in [2.45, 2.75) is 53.4 Å². The highest BCUT2D eigenvalue weighted by atomic mass is 32.2. The zero-order chi connectivity index (χ0) is 25.8. The Morgan fingerprint density at radius 3 is 1.75 bits per heavy atom. The molecule has 1 fully saturated rings. The minimum absolute atomic E-state index is 0.0578. The largest absolute Gasteiger partial charge is 0.490 e. The fourth-order valence-electron chi connectivity index (χ4n) is 3.67. The highest BCUT2D eigenvalue weighted by Crippen LogP contribution is 2.37. The molecule has 1 aliphatic heterocycles. The van der Waals surface area contributed by atoms with Crippen molar-refractivity contribution >= 4 is 29.7 Å². The Kier molecular flexibility index (Phi) is 11.3. The summed E-state index contributed by atoms with van der Waals surface area (Å²) in [5.41, 5.74) is 2.63. The van der Waals surface area contributed by atoms with Gasteiger partial charge in [0, 0.05) is 11.3 Å². The van der Waals surface area contributed by atoms with Crippen LogP contribution in [0.15, 0.2) is 46.9 Å². The van der Waals surface area contributed by atoms with Crippen LogP contribution in [0.3, 0.4) is 0 Å². The molecule has 0 saturated carbocycles. The molecule has 2 aromatic rings. The number of thioether (sulfide) groups is 1. The third-order valence-corrected chi connectivity index (χ3v) is 6.65. The first-order chi connectivity index (χ1) is 17.6. The number of unbranched alkanes of at least 4 members (excludes halogenated alkanes) is 2. The second-order valence-corrected chi connectivity index (χ2v) is 9.50. The molecule has 0 aliphatic carbocycles. The number of allylic oxidation sites excluding steroid dienone is 1. The van der Waals surface area contributed by atoms with Gasteiger partial charge < -0.3 is 18.9 Å². The molecule has 0 unspecified atom stereocenters. The molecule has 0 atom stereocenters. The van der Waals surface area contributed by atoms with Crippen molar-refractivity contribution in [3.63, 3.8) is 0 Å². The maximum absolute atomic E-state index is 13.1. The average Bonchev–Trinajstić information content (AvgIpc) is 3.21. The molecule has 2 aromatic carbocycles. The molecule has 194 valence electrons. The van der Waals surface area contributed by atoms with E-state index in [1.165, 1.54) is 0 Å². The van der Waals surface area contributed by atoms with Crippen LogP contribution in [0.2, 0.25) is 0 Å². The van der Waals surface area contributed by atoms with Crippen LogP contribution >= 0.6 is 11.8 Å². The van der Waals surface area contributed by atoms with Crippen LogP contribution in [0.25, 0.3) is 12.2 Å². The van der Waals surface area contributed by atoms with Crippen molar-refractivity contribution in [3.8, 4) is 23.0 Å². The Balaban J connectivity index is 1.76. The van der Waals surface area contributed by atoms with Crippen LogP contribution in [-0.2, 0) is 4.79 Å². The highest BCUT2D eigenvalue weighted by Gasteiger charge is 2.24. The summed E-state index contributed by atoms with van der Waals surface area (Å²) in [6.07, 6.45) is 8.03. The second-order valence-electron chi connectivity index (χ2n) is 8.48. The predicted molar refractivity (Wildman–Crippen MR) is 149 cm³/mol. The van der Waals surface area contributed by atoms with Crippen LogP contribution in [0, 0.1) is 0 Å². The van der Waals surface area contributed by atoms with Gasteiger partial charge in [-0.2, -0.15) is 0 Å². The molecule has 5 nitrogen and oxygen atoms in total. The molecule has 36 heavy (non-hydrogen) atoms. The third kappa shape index (κ3) is 7.82. The molecule has 0 bridgehead atoms. The normalized spacial score (nSPS) is 15.5. The van der Waals surface area contributed by atoms with E-state index in [0.29, 0.717) is 43.7 Å². The molecule has 1 aliphatic rings. The summed E-state index contributed by atoms with van der Waals surface area (Å²) in [6, 6.07) is 11.7. The van der Waals surface area contributed by atoms with Crippen LogP contribution in [0.4, 0.5) is 0 Å². The first-order valence-electron chi connectivity index (χ1n) is 13.0. The van der Waals surface area contributed by atoms with E-state index in [4.69, 9.17) is 18.9 Å². The molecule has 0 N–H and O–H groups in total. The lowest BCUT2D eigenvalue weighted by molar-refractivity contribution is -0.111. The lowest BCUT2D eigenvalue weighted by atomic mass is 10.1. The minimum Gasteiger partial charge on any atom is -0.490 e. The molecule has 0 amide bonds. The lowest BCUT2D eigenvalue weighted by Crippen LogP contribution is -2.01. The Labute approximate surface area is 219 Å². The third-order valence-electron chi connectivity index (χ3n) is 5.58. The average molecular weight is 511 g/mol. The van der Waals surface area contributed by atoms with Gasteiger partial charge in [-0.05, 0) is 74.2 Å². The van der Waals surface area contributed by atoms with E-state index >= 15 is 0 Å². The number of carbonyl (C=O) groups excluding carboxylic acids is 1. The zero-order valence-corrected chi connectivity index (χ0v) is 22.7. The van der Waals surface area contributed by atoms with Crippen molar-refractivity contribution in [1.29, 1.82) is 0 Å². The van der Waals surface area contributed by atoms with Crippen molar-refractivity contribution in [2.24, 2.45) is 0 Å². The first kappa shape index (κ1) is 27.7. The number of carbonyl (C=O) groups is 1. The van der Waals surface area contributed by atoms with Gasteiger partial charge in [-0.3, -0.25) is 4.79 Å². The lowest BCUT2D eigenvalue weighted by Gasteiger charge is -2.12. The molecule has 0 spiro atoms. The van der Waals surface area contributed by atoms with E-state index in [0.717, 1.165) is 58.8 Å². The number of rotatable bonds is 14. The monoisotopic (exact) mass is 510 g/mol. The van der Waals surface area contributed by atoms with Gasteiger partial charge in [-0.15, -0.1) is 11.8 Å². The minimum atomic E-state index is 0.0578. The Bertz CT molecular complexity index is 990. The number of hydrogen-bond acceptors (Lipinski definition) is 6. The van der Waals surface area contributed by atoms with Crippen LogP contribution in [0.5, 0.6) is 23.0 Å². The summed E-state index contributed by atoms with van der Waals surface area (Å²) < 4.78 is 23.3. The fraction of sp³-hybridized carbons (Fsp3) is 0.433. The summed E-state index contributed by atoms with van der Waals surface area (Å²) >= 11 is 1.56. The summed E-state index contributed by atoms with van der Waals surface area (Å²) in [4.78, 5) is 13.9. The number of ether oxygens (including phenoxy) is 4. The van der Waals surface area contributed by atoms with E-state index in [2.05, 4.69) is 13.8 Å². The van der Waals surface area contributed by atoms with Crippen LogP contribution < -0.4 is 18.9 Å². The van der Waals surface area contributed by atoms with Gasteiger partial charge in [0.15, 0.2) is 28.8 Å². The molecular formula is C30H38O5S. The van der Waals surface area contributed by atoms with E-state index in [1.807, 2.05) is 62.4 Å². The smallest absolute Gasteiger partial charge is 0.196 e. The number of benzene rings is 2. The summed E-state index contributed by atoms with van der Waals surface area (Å²) in [5, 5.41) is 0. The quantitative estimate of drug-likeness (QED) is 0.193. The summed E-state index contributed by atoms with van der Waals surface area (Å²) in [6.45, 7) is 10.6. The topological polar surface area (TPSA) is 54.0 Å². The molecule has 0 aromatic heterocycles. The van der Waals surface area contributed by atoms with Crippen LogP contribution in [0.1, 0.15) is 64.5 Å². The second kappa shape index (κ2) is 14.6. The number of ketones is 1. The Hall–Kier alpha value is -2.86. The van der Waals surface area contributed by atoms with Crippen molar-refractivity contribution in [3.05, 3.63) is 58.0 Å². The van der Waals surface area contributed by atoms with Crippen LogP contribution in [-0.4, -0.2) is 38.0 Å². The van der Waals surface area contributed by atoms with Gasteiger partial charge in [-0.1, -0.05) is 38.8 Å². The van der Waals surface area contributed by atoms with E-state index in [-0.39, 0.29) is 5.78 Å². The van der Waals surface area contributed by atoms with Gasteiger partial charge >= 0.3 is 0 Å². The van der Waals surface area contributed by atoms with Crippen molar-refractivity contribution in [1.82, 2.24) is 0 Å². The molecule has 3 rings (SSSR count). The molecule has 6 heteroatoms. The van der Waals surface area contributed by atoms with Gasteiger partial charge in [-0.25, -0.2) is 0 Å². The first-order valence-corrected chi connectivity index (χ1v) is 14.0. The van der Waals surface area contributed by atoms with E-state index < -0.39 is 0 Å². The van der Waals surface area contributed by atoms with Gasteiger partial charge in [0.2, 0.25) is 0 Å². The highest BCUT2D eigenvalue weighted by molar-refractivity contribution is 8.05. The standard InChI is InChI=1S/C30H38O5S/c1-5-9-15-34-25-13-11-22(18-27(25)32-7-3)17-24-21-36-29(30(24)31)20-23-12-14-26(35-16-10-6-2)28(19-23)33-8-4/h11-14,17-20H,5-10,15-16,21H2,1-4H3/b24-17+,29-20-. The van der Waals surface area contributed by atoms with Gasteiger partial charge in [0.1, 0.15) is 0 Å². The SMILES string of the molecule is CCCCOc1ccc(/C=C2\CS/C(=C\c3ccc(OCCCC)c(OCC)c3)C2=O)cc1OCC. The van der Waals surface area contributed by atoms with E-state index in [1.54, 1.807) is 11.8 Å². The maximum atomic E-state index is 13.1. The molecular weight excluding hydrogens is 472 g/mol. The Morgan fingerprint density at radius 1 is 0.722 bits per heavy atom. The van der Waals surface area contributed by atoms with Gasteiger partial charge in [0.25, 0.3) is 0 Å². The molecule has 1 heterocycles. The van der Waals surface area contributed by atoms with Crippen molar-refractivity contribution in [2.75, 3.05) is 32.2 Å². The predicted octanol–water partition coefficient (Wildman–Crippen LogP) is 7.58. The van der Waals surface area contributed by atoms with Crippen molar-refractivity contribution < 1.29 is 23.7 Å². The summed E-state index contributed by atoms with van der Waals surface area (Å²) in [5.74, 6) is 3.60. The van der Waals surface area contributed by atoms with Gasteiger partial charge in [0.05, 0.1) is 31.3 Å². The Morgan fingerprint density at radius 2 is 1.25 bits per heavy atom. The summed E-state index contributed by atoms with van der Waals surface area (Å²) in [7, 11) is 0. The fourth-order valence-corrected chi connectivity index (χ4v) is 4.68. The molecule has 0 radical (unpaired) electrons.